The molecule has 1 unspecified atom stereocenters. The van der Waals surface area contributed by atoms with Crippen LogP contribution in [0.4, 0.5) is 0 Å². The molecule has 7 aliphatic heterocycles. The van der Waals surface area contributed by atoms with Crippen LogP contribution in [0.5, 0.6) is 0 Å². The van der Waals surface area contributed by atoms with Crippen molar-refractivity contribution in [3.05, 3.63) is 0 Å². The van der Waals surface area contributed by atoms with Gasteiger partial charge >= 0.3 is 0 Å². The average molecular weight is 1320 g/mol. The number of amides is 4. The Hall–Kier alpha value is -3.40. The number of hydrogen-bond acceptors (Lipinski definition) is 36. The van der Waals surface area contributed by atoms with Crippen molar-refractivity contribution in [1.82, 2.24) is 21.3 Å². The van der Waals surface area contributed by atoms with E-state index in [0.717, 1.165) is 27.7 Å². The molecule has 7 aliphatic rings. The first-order valence-corrected chi connectivity index (χ1v) is 28.6. The van der Waals surface area contributed by atoms with Gasteiger partial charge < -0.3 is 180 Å². The Morgan fingerprint density at radius 2 is 0.589 bits per heavy atom. The predicted octanol–water partition coefficient (Wildman–Crippen LogP) is -15.7. The molecule has 7 fully saturated rings. The molecule has 7 saturated heterocycles. The van der Waals surface area contributed by atoms with Gasteiger partial charge in [-0.25, -0.2) is 0 Å². The molecule has 90 heavy (non-hydrogen) atoms. The van der Waals surface area contributed by atoms with Crippen molar-refractivity contribution in [2.75, 3.05) is 46.2 Å². The fourth-order valence-corrected chi connectivity index (χ4v) is 11.5. The molecule has 35 atom stereocenters. The van der Waals surface area contributed by atoms with Gasteiger partial charge in [0.15, 0.2) is 44.0 Å². The normalized spacial score (nSPS) is 47.6. The zero-order chi connectivity index (χ0) is 66.5. The van der Waals surface area contributed by atoms with Gasteiger partial charge in [-0.3, -0.25) is 19.2 Å². The highest BCUT2D eigenvalue weighted by atomic mass is 16.8. The van der Waals surface area contributed by atoms with E-state index in [4.69, 9.17) is 61.6 Å². The molecule has 0 spiro atoms. The lowest BCUT2D eigenvalue weighted by Gasteiger charge is -2.50. The van der Waals surface area contributed by atoms with Crippen molar-refractivity contribution in [3.63, 3.8) is 0 Å². The van der Waals surface area contributed by atoms with Crippen LogP contribution in [-0.4, -0.2) is 382 Å². The van der Waals surface area contributed by atoms with Crippen LogP contribution in [0.1, 0.15) is 27.7 Å². The van der Waals surface area contributed by atoms with Crippen LogP contribution < -0.4 is 21.3 Å². The van der Waals surface area contributed by atoms with Gasteiger partial charge in [0.1, 0.15) is 171 Å². The smallest absolute Gasteiger partial charge is 0.217 e. The molecule has 520 valence electrons. The van der Waals surface area contributed by atoms with Gasteiger partial charge in [-0.15, -0.1) is 0 Å². The highest BCUT2D eigenvalue weighted by molar-refractivity contribution is 5.74. The first-order chi connectivity index (χ1) is 42.5. The summed E-state index contributed by atoms with van der Waals surface area (Å²) in [6.45, 7) is -3.00. The third-order valence-electron chi connectivity index (χ3n) is 16.1. The Kier molecular flexibility index (Phi) is 26.6. The Morgan fingerprint density at radius 3 is 1.03 bits per heavy atom. The van der Waals surface area contributed by atoms with Crippen LogP contribution in [-0.2, 0) is 80.8 Å². The number of ether oxygens (including phenoxy) is 13. The van der Waals surface area contributed by atoms with Gasteiger partial charge in [0, 0.05) is 27.7 Å². The molecule has 0 aliphatic carbocycles. The zero-order valence-electron chi connectivity index (χ0n) is 48.6. The van der Waals surface area contributed by atoms with E-state index in [2.05, 4.69) is 21.3 Å². The number of hydrogen-bond donors (Lipinski definition) is 23. The molecule has 40 nitrogen and oxygen atoms in total. The van der Waals surface area contributed by atoms with Crippen LogP contribution in [0.3, 0.4) is 0 Å². The Morgan fingerprint density at radius 1 is 0.289 bits per heavy atom. The summed E-state index contributed by atoms with van der Waals surface area (Å²) in [5.74, 6) is -3.21. The van der Waals surface area contributed by atoms with E-state index in [9.17, 15) is 116 Å². The molecule has 0 radical (unpaired) electrons. The topological polar surface area (TPSA) is 621 Å². The van der Waals surface area contributed by atoms with Gasteiger partial charge in [0.05, 0.1) is 46.2 Å². The van der Waals surface area contributed by atoms with Crippen molar-refractivity contribution < 1.29 is 178 Å². The van der Waals surface area contributed by atoms with Crippen molar-refractivity contribution >= 4 is 23.6 Å². The third kappa shape index (κ3) is 16.4. The predicted molar refractivity (Wildman–Crippen MR) is 278 cm³/mol. The second-order valence-electron chi connectivity index (χ2n) is 22.5. The molecule has 0 bridgehead atoms. The lowest BCUT2D eigenvalue weighted by molar-refractivity contribution is -0.391. The molecule has 0 saturated carbocycles. The lowest BCUT2D eigenvalue weighted by atomic mass is 9.94. The second kappa shape index (κ2) is 32.4. The molecule has 7 heterocycles. The molecule has 0 aromatic heterocycles. The van der Waals surface area contributed by atoms with Crippen LogP contribution in [0.15, 0.2) is 0 Å². The second-order valence-corrected chi connectivity index (χ2v) is 22.5. The van der Waals surface area contributed by atoms with Crippen molar-refractivity contribution in [3.8, 4) is 0 Å². The maximum Gasteiger partial charge on any atom is 0.217 e. The molecule has 0 aromatic rings. The van der Waals surface area contributed by atoms with E-state index in [0.29, 0.717) is 0 Å². The average Bonchev–Trinajstić information content (AvgIpc) is 0.882. The van der Waals surface area contributed by atoms with E-state index >= 15 is 0 Å². The third-order valence-corrected chi connectivity index (χ3v) is 16.1. The highest BCUT2D eigenvalue weighted by Gasteiger charge is 2.59. The van der Waals surface area contributed by atoms with Gasteiger partial charge in [-0.05, 0) is 0 Å². The summed E-state index contributed by atoms with van der Waals surface area (Å²) in [6.07, 6.45) is -61.0. The Bertz CT molecular complexity index is 2310. The van der Waals surface area contributed by atoms with E-state index in [1.165, 1.54) is 0 Å². The van der Waals surface area contributed by atoms with Gasteiger partial charge in [-0.1, -0.05) is 0 Å². The lowest BCUT2D eigenvalue weighted by Crippen LogP contribution is -2.70. The minimum Gasteiger partial charge on any atom is -0.394 e. The van der Waals surface area contributed by atoms with Crippen molar-refractivity contribution in [1.29, 1.82) is 0 Å². The van der Waals surface area contributed by atoms with Crippen LogP contribution in [0, 0.1) is 0 Å². The molecule has 40 heteroatoms. The monoisotopic (exact) mass is 1320 g/mol. The van der Waals surface area contributed by atoms with E-state index in [1.807, 2.05) is 0 Å². The largest absolute Gasteiger partial charge is 0.394 e. The first kappa shape index (κ1) is 74.0. The number of carbonyl (C=O) groups excluding carboxylic acids is 4. The SMILES string of the molecule is CC(=O)N[C@H]1[C@H](O[C@H]2[C@H](O)[C@@H](NC(C)=O)C(O)O[C@@H]2CO)O[C@H](CO)[C@@H](O[C@@H]2O[C@H](CO[C@H]3O[C@H](CO)[C@@H](O)[C@H](O)[C@@H]3O[C@@H]3O[C@H](CO)[C@@H](O)[C@H](O)[C@H]3NC(C)=O)[C@@H](O)[C@H](O[C@H]3O[C@H](CO)[C@@H](O[C@@H]4O[C@H](CO)[C@@H](O)[C@H](O)[C@H]4NC(C)=O)[C@H](O)[C@@H]3O)[C@@H]2O)[C@@H]1O. The van der Waals surface area contributed by atoms with E-state index in [1.54, 1.807) is 0 Å². The fourth-order valence-electron chi connectivity index (χ4n) is 11.5. The molecule has 7 rings (SSSR count). The quantitative estimate of drug-likeness (QED) is 0.0452. The number of rotatable bonds is 23. The minimum absolute atomic E-state index is 0.747. The molecule has 0 aromatic carbocycles. The van der Waals surface area contributed by atoms with Crippen molar-refractivity contribution in [2.24, 2.45) is 0 Å². The number of carbonyl (C=O) groups is 4. The summed E-state index contributed by atoms with van der Waals surface area (Å²) in [6, 6.07) is -6.69. The fraction of sp³-hybridized carbons (Fsp3) is 0.920. The van der Waals surface area contributed by atoms with Gasteiger partial charge in [0.2, 0.25) is 23.6 Å². The molecular formula is C50H84N4O36. The van der Waals surface area contributed by atoms with E-state index < -0.39 is 285 Å². The van der Waals surface area contributed by atoms with Crippen LogP contribution >= 0.6 is 0 Å². The van der Waals surface area contributed by atoms with E-state index in [-0.39, 0.29) is 0 Å². The number of nitrogens with one attached hydrogen (secondary N) is 4. The summed E-state index contributed by atoms with van der Waals surface area (Å²) in [4.78, 5) is 49.2. The maximum absolute atomic E-state index is 12.8. The summed E-state index contributed by atoms with van der Waals surface area (Å²) in [7, 11) is 0. The van der Waals surface area contributed by atoms with Crippen LogP contribution in [0.25, 0.3) is 0 Å². The standard InChI is InChI=1S/C50H84N4O36/c1-12(61)51-23-33(71)39(19(8-58)79-44(23)77)86-47-26(54-15(4)64)34(72)40(20(9-59)83-47)88-49-38(76)42(89-48-37(75)36(74)41(21(10-60)84-48)87-45-24(52-13(2)62)31(69)27(65)16(5-55)80-45)30(68)22(85-49)11-78-50-43(35(73)29(67)18(7-57)82-50)90-46-25(53-14(3)63)32(70)28(66)17(6-56)81-46/h16-50,55-60,65-77H,5-11H2,1-4H3,(H,51,61)(H,52,62)(H,53,63)(H,54,64)/t16-,17-,18-,19-,20-,21-,22-,23-,24-,25-,26-,27-,28-,29-,30-,31-,32-,33-,34-,35+,36-,37+,38+,39-,40-,41-,42+,43+,44?,45+,46+,47+,48-,49+,50+/m1/s1. The van der Waals surface area contributed by atoms with Crippen LogP contribution in [0.2, 0.25) is 0 Å². The maximum atomic E-state index is 12.8. The summed E-state index contributed by atoms with van der Waals surface area (Å²) in [5, 5.41) is 218. The summed E-state index contributed by atoms with van der Waals surface area (Å²) < 4.78 is 76.1. The van der Waals surface area contributed by atoms with Crippen molar-refractivity contribution in [2.45, 2.75) is 242 Å². The summed E-state index contributed by atoms with van der Waals surface area (Å²) in [5.41, 5.74) is 0. The highest BCUT2D eigenvalue weighted by Crippen LogP contribution is 2.38. The number of aliphatic hydroxyl groups excluding tert-OH is 19. The minimum atomic E-state index is -2.41. The molecular weight excluding hydrogens is 1230 g/mol. The molecule has 4 amide bonds. The zero-order valence-corrected chi connectivity index (χ0v) is 48.6. The van der Waals surface area contributed by atoms with Gasteiger partial charge in [-0.2, -0.15) is 0 Å². The Labute approximate surface area is 510 Å². The Balaban J connectivity index is 1.20. The molecule has 23 N–H and O–H groups in total. The van der Waals surface area contributed by atoms with Gasteiger partial charge in [0.25, 0.3) is 0 Å². The first-order valence-electron chi connectivity index (χ1n) is 28.6. The summed E-state index contributed by atoms with van der Waals surface area (Å²) >= 11 is 0. The number of aliphatic hydroxyl groups is 19.